The fraction of sp³-hybridized carbons (Fsp3) is 0.357. The summed E-state index contributed by atoms with van der Waals surface area (Å²) < 4.78 is 36.4. The highest BCUT2D eigenvalue weighted by atomic mass is 32.2. The lowest BCUT2D eigenvalue weighted by Gasteiger charge is -2.28. The van der Waals surface area contributed by atoms with Crippen LogP contribution in [0.15, 0.2) is 28.8 Å². The molecule has 0 amide bonds. The van der Waals surface area contributed by atoms with Crippen molar-refractivity contribution in [2.24, 2.45) is 5.41 Å². The normalized spacial score (nSPS) is 16.3. The minimum Gasteiger partial charge on any atom is -0.437 e. The van der Waals surface area contributed by atoms with E-state index in [9.17, 15) is 13.2 Å². The van der Waals surface area contributed by atoms with E-state index >= 15 is 0 Å². The van der Waals surface area contributed by atoms with E-state index in [0.29, 0.717) is 11.3 Å². The van der Waals surface area contributed by atoms with E-state index in [1.165, 1.54) is 19.2 Å². The monoisotopic (exact) mass is 311 g/mol. The molecule has 21 heavy (non-hydrogen) atoms. The van der Waals surface area contributed by atoms with Gasteiger partial charge in [0.05, 0.1) is 12.0 Å². The Morgan fingerprint density at radius 2 is 1.90 bits per heavy atom. The Hall–Kier alpha value is -2.02. The molecule has 1 aliphatic rings. The van der Waals surface area contributed by atoms with E-state index in [0.717, 1.165) is 0 Å². The fourth-order valence-corrected chi connectivity index (χ4v) is 3.30. The summed E-state index contributed by atoms with van der Waals surface area (Å²) in [6.07, 6.45) is 0.875. The van der Waals surface area contributed by atoms with Crippen molar-refractivity contribution in [3.05, 3.63) is 29.5 Å². The number of allylic oxidation sites excluding steroid dienone is 1. The lowest BCUT2D eigenvalue weighted by Crippen LogP contribution is -2.33. The van der Waals surface area contributed by atoms with Crippen molar-refractivity contribution in [1.82, 2.24) is 4.72 Å². The van der Waals surface area contributed by atoms with Gasteiger partial charge >= 0.3 is 6.16 Å². The van der Waals surface area contributed by atoms with Crippen LogP contribution in [0.2, 0.25) is 0 Å². The van der Waals surface area contributed by atoms with Gasteiger partial charge in [-0.25, -0.2) is 13.2 Å². The first kappa shape index (κ1) is 15.4. The molecule has 0 fully saturated rings. The highest BCUT2D eigenvalue weighted by molar-refractivity contribution is 7.89. The third kappa shape index (κ3) is 3.18. The minimum absolute atomic E-state index is 0.0666. The lowest BCUT2D eigenvalue weighted by molar-refractivity contribution is 0.121. The molecular formula is C14H17NO5S. The zero-order valence-electron chi connectivity index (χ0n) is 12.3. The van der Waals surface area contributed by atoms with E-state index in [-0.39, 0.29) is 16.1 Å². The van der Waals surface area contributed by atoms with Crippen LogP contribution in [0.25, 0.3) is 6.08 Å². The molecule has 6 nitrogen and oxygen atoms in total. The van der Waals surface area contributed by atoms with Crippen LogP contribution in [0.4, 0.5) is 4.79 Å². The number of fused-ring (bicyclic) bond motifs is 1. The molecule has 114 valence electrons. The van der Waals surface area contributed by atoms with Gasteiger partial charge in [-0.1, -0.05) is 20.8 Å². The Kier molecular flexibility index (Phi) is 3.71. The lowest BCUT2D eigenvalue weighted by atomic mass is 9.91. The molecule has 0 unspecified atom stereocenters. The van der Waals surface area contributed by atoms with Crippen molar-refractivity contribution in [3.63, 3.8) is 0 Å². The number of rotatable bonds is 1. The quantitative estimate of drug-likeness (QED) is 0.636. The Morgan fingerprint density at radius 1 is 1.24 bits per heavy atom. The van der Waals surface area contributed by atoms with E-state index < -0.39 is 16.2 Å². The molecule has 0 aromatic heterocycles. The van der Waals surface area contributed by atoms with Crippen molar-refractivity contribution in [2.45, 2.75) is 25.7 Å². The Labute approximate surface area is 123 Å². The smallest absolute Gasteiger partial charge is 0.437 e. The zero-order valence-corrected chi connectivity index (χ0v) is 13.1. The van der Waals surface area contributed by atoms with E-state index in [2.05, 4.69) is 9.46 Å². The molecule has 1 aromatic rings. The maximum atomic E-state index is 12.3. The van der Waals surface area contributed by atoms with Crippen LogP contribution in [0, 0.1) is 5.41 Å². The number of benzene rings is 1. The predicted octanol–water partition coefficient (Wildman–Crippen LogP) is 2.51. The van der Waals surface area contributed by atoms with E-state index in [4.69, 9.17) is 4.74 Å². The summed E-state index contributed by atoms with van der Waals surface area (Å²) in [6, 6.07) is 4.41. The van der Waals surface area contributed by atoms with Crippen molar-refractivity contribution < 1.29 is 22.7 Å². The van der Waals surface area contributed by atoms with Crippen LogP contribution in [-0.4, -0.2) is 21.7 Å². The predicted molar refractivity (Wildman–Crippen MR) is 77.2 cm³/mol. The SMILES string of the molecule is COC(=O)Oc1ccc2c(c1)S(=O)(=O)NC(C(C)(C)C)=C2. The molecule has 0 bridgehead atoms. The summed E-state index contributed by atoms with van der Waals surface area (Å²) in [5, 5.41) is 0. The van der Waals surface area contributed by atoms with Gasteiger partial charge in [0, 0.05) is 17.2 Å². The number of sulfonamides is 1. The van der Waals surface area contributed by atoms with E-state index in [1.807, 2.05) is 20.8 Å². The molecule has 1 heterocycles. The Balaban J connectivity index is 2.50. The maximum Gasteiger partial charge on any atom is 0.513 e. The second kappa shape index (κ2) is 5.07. The highest BCUT2D eigenvalue weighted by Gasteiger charge is 2.30. The first-order chi connectivity index (χ1) is 9.63. The van der Waals surface area contributed by atoms with Crippen LogP contribution in [0.1, 0.15) is 26.3 Å². The van der Waals surface area contributed by atoms with Crippen molar-refractivity contribution in [1.29, 1.82) is 0 Å². The third-order valence-corrected chi connectivity index (χ3v) is 4.42. The summed E-state index contributed by atoms with van der Waals surface area (Å²) in [5.74, 6) is 0.110. The van der Waals surface area contributed by atoms with Gasteiger partial charge < -0.3 is 9.47 Å². The first-order valence-electron chi connectivity index (χ1n) is 6.28. The van der Waals surface area contributed by atoms with Gasteiger partial charge in [0.2, 0.25) is 0 Å². The Morgan fingerprint density at radius 3 is 2.48 bits per heavy atom. The second-order valence-corrected chi connectivity index (χ2v) is 7.32. The molecule has 2 rings (SSSR count). The number of nitrogens with one attached hydrogen (secondary N) is 1. The second-order valence-electron chi connectivity index (χ2n) is 5.67. The van der Waals surface area contributed by atoms with Crippen LogP contribution < -0.4 is 9.46 Å². The average Bonchev–Trinajstić information content (AvgIpc) is 2.37. The van der Waals surface area contributed by atoms with Crippen molar-refractivity contribution in [3.8, 4) is 5.75 Å². The van der Waals surface area contributed by atoms with Crippen LogP contribution >= 0.6 is 0 Å². The summed E-state index contributed by atoms with van der Waals surface area (Å²) in [5.41, 5.74) is 0.832. The number of hydrogen-bond donors (Lipinski definition) is 1. The molecule has 0 spiro atoms. The summed E-state index contributed by atoms with van der Waals surface area (Å²) in [4.78, 5) is 11.1. The molecule has 0 aliphatic carbocycles. The third-order valence-electron chi connectivity index (χ3n) is 2.99. The molecule has 0 saturated carbocycles. The highest BCUT2D eigenvalue weighted by Crippen LogP contribution is 2.34. The van der Waals surface area contributed by atoms with Crippen molar-refractivity contribution in [2.75, 3.05) is 7.11 Å². The summed E-state index contributed by atoms with van der Waals surface area (Å²) >= 11 is 0. The van der Waals surface area contributed by atoms with Gasteiger partial charge in [0.25, 0.3) is 10.0 Å². The van der Waals surface area contributed by atoms with Gasteiger partial charge in [-0.05, 0) is 23.8 Å². The average molecular weight is 311 g/mol. The molecule has 1 aliphatic heterocycles. The fourth-order valence-electron chi connectivity index (χ4n) is 1.82. The molecule has 0 radical (unpaired) electrons. The minimum atomic E-state index is -3.69. The van der Waals surface area contributed by atoms with Gasteiger partial charge in [0.15, 0.2) is 0 Å². The number of hydrogen-bond acceptors (Lipinski definition) is 5. The van der Waals surface area contributed by atoms with Crippen molar-refractivity contribution >= 4 is 22.3 Å². The Bertz CT molecular complexity index is 713. The molecule has 7 heteroatoms. The van der Waals surface area contributed by atoms with Crippen LogP contribution in [0.5, 0.6) is 5.75 Å². The standard InChI is InChI=1S/C14H17NO5S/c1-14(2,3)12-7-9-5-6-10(20-13(16)19-4)8-11(9)21(17,18)15-12/h5-8,15H,1-4H3. The number of carbonyl (C=O) groups excluding carboxylic acids is 1. The first-order valence-corrected chi connectivity index (χ1v) is 7.76. The van der Waals surface area contributed by atoms with Gasteiger partial charge in [0.1, 0.15) is 5.75 Å². The molecule has 1 aromatic carbocycles. The molecular weight excluding hydrogens is 294 g/mol. The molecule has 0 atom stereocenters. The van der Waals surface area contributed by atoms with Crippen LogP contribution in [0.3, 0.4) is 0 Å². The topological polar surface area (TPSA) is 81.7 Å². The summed E-state index contributed by atoms with van der Waals surface area (Å²) in [6.45, 7) is 5.75. The molecule has 0 saturated heterocycles. The van der Waals surface area contributed by atoms with Crippen LogP contribution in [-0.2, 0) is 14.8 Å². The van der Waals surface area contributed by atoms with Gasteiger partial charge in [-0.2, -0.15) is 0 Å². The number of methoxy groups -OCH3 is 1. The van der Waals surface area contributed by atoms with E-state index in [1.54, 1.807) is 12.1 Å². The van der Waals surface area contributed by atoms with Gasteiger partial charge in [-0.3, -0.25) is 4.72 Å². The zero-order chi connectivity index (χ0) is 15.8. The van der Waals surface area contributed by atoms with Gasteiger partial charge in [-0.15, -0.1) is 0 Å². The maximum absolute atomic E-state index is 12.3. The number of ether oxygens (including phenoxy) is 2. The largest absolute Gasteiger partial charge is 0.513 e. The number of carbonyl (C=O) groups is 1. The summed E-state index contributed by atoms with van der Waals surface area (Å²) in [7, 11) is -2.51. The molecule has 1 N–H and O–H groups in total.